The molecule has 0 radical (unpaired) electrons. The van der Waals surface area contributed by atoms with Crippen LogP contribution in [0.25, 0.3) is 0 Å². The number of aromatic hydroxyl groups is 4. The molecule has 0 aromatic heterocycles. The van der Waals surface area contributed by atoms with Crippen LogP contribution in [0.2, 0.25) is 0 Å². The number of ether oxygens (including phenoxy) is 2. The van der Waals surface area contributed by atoms with Gasteiger partial charge in [-0.3, -0.25) is 34.1 Å². The fraction of sp³-hybridized carbons (Fsp3) is 0.407. The molecule has 2 unspecified atom stereocenters. The predicted octanol–water partition coefficient (Wildman–Crippen LogP) is 1.05. The highest BCUT2D eigenvalue weighted by Crippen LogP contribution is 2.36. The molecule has 22 nitrogen and oxygen atoms in total. The van der Waals surface area contributed by atoms with Crippen LogP contribution in [0.15, 0.2) is 36.4 Å². The molecule has 286 valence electrons. The number of hydrogen-bond donors (Lipinski definition) is 12. The van der Waals surface area contributed by atoms with E-state index in [1.165, 1.54) is 50.2 Å². The van der Waals surface area contributed by atoms with Crippen molar-refractivity contribution in [3.8, 4) is 23.0 Å². The molecule has 2 aromatic carbocycles. The van der Waals surface area contributed by atoms with Crippen molar-refractivity contribution >= 4 is 39.3 Å². The smallest absolute Gasteiger partial charge is 0.423 e. The van der Waals surface area contributed by atoms with Gasteiger partial charge in [0.25, 0.3) is 0 Å². The van der Waals surface area contributed by atoms with Crippen molar-refractivity contribution in [1.29, 1.82) is 0 Å². The first-order chi connectivity index (χ1) is 23.4. The second kappa shape index (κ2) is 19.1. The largest absolute Gasteiger partial charge is 0.504 e. The lowest BCUT2D eigenvalue weighted by Crippen LogP contribution is -2.58. The van der Waals surface area contributed by atoms with Gasteiger partial charge in [0.05, 0.1) is 6.61 Å². The van der Waals surface area contributed by atoms with Gasteiger partial charge < -0.3 is 54.4 Å². The van der Waals surface area contributed by atoms with E-state index in [2.05, 4.69) is 34.8 Å². The highest BCUT2D eigenvalue weighted by molar-refractivity contribution is 7.52. The van der Waals surface area contributed by atoms with E-state index < -0.39 is 68.7 Å². The molecule has 0 aliphatic heterocycles. The standard InChI is InChI=1S/C14H21N2O9P.C13H19N2O9P/c1-14(12(19)20,8-9-3-4-10(17)11(18)7-9)16-15-13(21)24-5-6-25-26(2,22)23;1-13(11(18)19,6-8-3-4-9(16)10(17)5-8)15-14-12(20)23-7-24-25(2,21)22/h3-4,7,16-18H,5-6,8H2,1-2H3,(H,15,21)(H,19,20)(H,22,23);3-5,15-17H,6-7H2,1-2H3,(H,14,20)(H,18,19)(H,21,22)/t14-;13-/m00/s1. The van der Waals surface area contributed by atoms with E-state index in [-0.39, 0.29) is 37.6 Å². The number of carbonyl (C=O) groups is 4. The van der Waals surface area contributed by atoms with Crippen molar-refractivity contribution < 1.29 is 87.3 Å². The molecule has 0 saturated carbocycles. The quantitative estimate of drug-likeness (QED) is 0.0351. The fourth-order valence-corrected chi connectivity index (χ4v) is 4.15. The Morgan fingerprint density at radius 3 is 1.39 bits per heavy atom. The van der Waals surface area contributed by atoms with Crippen LogP contribution in [0.1, 0.15) is 25.0 Å². The zero-order valence-corrected chi connectivity index (χ0v) is 29.3. The number of aliphatic carboxylic acids is 2. The third-order valence-electron chi connectivity index (χ3n) is 6.15. The third-order valence-corrected chi connectivity index (χ3v) is 7.40. The van der Waals surface area contributed by atoms with E-state index in [4.69, 9.17) is 9.79 Å². The third kappa shape index (κ3) is 17.2. The Balaban J connectivity index is 0.000000510. The summed E-state index contributed by atoms with van der Waals surface area (Å²) in [5.74, 6) is -4.12. The molecule has 2 amide bonds. The van der Waals surface area contributed by atoms with E-state index in [0.717, 1.165) is 13.3 Å². The minimum absolute atomic E-state index is 0.136. The molecule has 2 aromatic rings. The average molecular weight is 771 g/mol. The summed E-state index contributed by atoms with van der Waals surface area (Å²) in [5, 5.41) is 56.2. The van der Waals surface area contributed by atoms with Crippen LogP contribution in [-0.4, -0.2) is 109 Å². The number of benzene rings is 2. The molecule has 24 heteroatoms. The maximum Gasteiger partial charge on any atom is 0.423 e. The van der Waals surface area contributed by atoms with E-state index >= 15 is 0 Å². The number of hydrazine groups is 2. The Morgan fingerprint density at radius 1 is 0.647 bits per heavy atom. The Labute approximate surface area is 289 Å². The van der Waals surface area contributed by atoms with Crippen molar-refractivity contribution in [1.82, 2.24) is 21.7 Å². The van der Waals surface area contributed by atoms with Gasteiger partial charge >= 0.3 is 39.3 Å². The first-order valence-corrected chi connectivity index (χ1v) is 18.2. The van der Waals surface area contributed by atoms with Gasteiger partial charge in [0.2, 0.25) is 6.79 Å². The fourth-order valence-electron chi connectivity index (χ4n) is 3.49. The molecule has 2 rings (SSSR count). The zero-order chi connectivity index (χ0) is 39.2. The molecule has 4 atom stereocenters. The van der Waals surface area contributed by atoms with E-state index in [0.29, 0.717) is 11.1 Å². The summed E-state index contributed by atoms with van der Waals surface area (Å²) in [6, 6.07) is 7.62. The first kappa shape index (κ1) is 44.4. The lowest BCUT2D eigenvalue weighted by atomic mass is 9.93. The van der Waals surface area contributed by atoms with Crippen molar-refractivity contribution in [2.75, 3.05) is 33.3 Å². The topological polar surface area (TPSA) is 349 Å². The maximum atomic E-state index is 11.5. The molecular weight excluding hydrogens is 730 g/mol. The second-order valence-corrected chi connectivity index (χ2v) is 14.8. The van der Waals surface area contributed by atoms with Gasteiger partial charge in [0.15, 0.2) is 23.0 Å². The number of carboxylic acids is 2. The van der Waals surface area contributed by atoms with Crippen LogP contribution < -0.4 is 21.7 Å². The Kier molecular flexibility index (Phi) is 16.6. The first-order valence-electron chi connectivity index (χ1n) is 14.1. The van der Waals surface area contributed by atoms with Crippen LogP contribution >= 0.6 is 15.2 Å². The Morgan fingerprint density at radius 2 is 1.04 bits per heavy atom. The highest BCUT2D eigenvalue weighted by atomic mass is 31.2. The predicted molar refractivity (Wildman–Crippen MR) is 173 cm³/mol. The summed E-state index contributed by atoms with van der Waals surface area (Å²) in [6.07, 6.45) is -2.44. The number of carboxylic acid groups (broad SMARTS) is 2. The SMILES string of the molecule is C[C@@](Cc1ccc(O)c(O)c1)(NNC(=O)OCCOP(C)(=O)O)C(=O)O.C[C@@](Cc1ccc(O)c(O)c1)(NNC(=O)OCOP(C)(=O)O)C(=O)O. The lowest BCUT2D eigenvalue weighted by molar-refractivity contribution is -0.145. The van der Waals surface area contributed by atoms with Gasteiger partial charge in [-0.25, -0.2) is 20.4 Å². The summed E-state index contributed by atoms with van der Waals surface area (Å²) >= 11 is 0. The molecule has 0 spiro atoms. The molecule has 0 bridgehead atoms. The summed E-state index contributed by atoms with van der Waals surface area (Å²) in [5.41, 5.74) is 6.07. The van der Waals surface area contributed by atoms with Crippen LogP contribution in [-0.2, 0) is 50.1 Å². The van der Waals surface area contributed by atoms with E-state index in [9.17, 15) is 58.9 Å². The number of phenols is 4. The molecule has 0 aliphatic rings. The van der Waals surface area contributed by atoms with E-state index in [1.807, 2.05) is 5.43 Å². The maximum absolute atomic E-state index is 11.5. The van der Waals surface area contributed by atoms with Gasteiger partial charge in [-0.05, 0) is 49.2 Å². The molecule has 51 heavy (non-hydrogen) atoms. The van der Waals surface area contributed by atoms with Crippen LogP contribution in [0.5, 0.6) is 23.0 Å². The molecule has 0 saturated heterocycles. The number of hydrogen-bond acceptors (Lipinski definition) is 16. The number of nitrogens with one attached hydrogen (secondary N) is 4. The van der Waals surface area contributed by atoms with Crippen molar-refractivity contribution in [2.45, 2.75) is 37.8 Å². The average Bonchev–Trinajstić information content (AvgIpc) is 3.00. The minimum Gasteiger partial charge on any atom is -0.504 e. The summed E-state index contributed by atoms with van der Waals surface area (Å²) < 4.78 is 39.7. The summed E-state index contributed by atoms with van der Waals surface area (Å²) in [6.45, 7) is 3.02. The zero-order valence-electron chi connectivity index (χ0n) is 27.6. The minimum atomic E-state index is -3.81. The summed E-state index contributed by atoms with van der Waals surface area (Å²) in [4.78, 5) is 63.7. The monoisotopic (exact) mass is 770 g/mol. The van der Waals surface area contributed by atoms with Gasteiger partial charge in [0.1, 0.15) is 17.7 Å². The number of amides is 2. The Bertz CT molecular complexity index is 1630. The van der Waals surface area contributed by atoms with Gasteiger partial charge in [-0.2, -0.15) is 0 Å². The van der Waals surface area contributed by atoms with Crippen LogP contribution in [0, 0.1) is 0 Å². The highest BCUT2D eigenvalue weighted by Gasteiger charge is 2.35. The van der Waals surface area contributed by atoms with Gasteiger partial charge in [0, 0.05) is 26.2 Å². The van der Waals surface area contributed by atoms with Crippen molar-refractivity contribution in [3.05, 3.63) is 47.5 Å². The van der Waals surface area contributed by atoms with Crippen molar-refractivity contribution in [2.24, 2.45) is 0 Å². The summed E-state index contributed by atoms with van der Waals surface area (Å²) in [7, 11) is -7.48. The molecular formula is C27H40N4O18P2. The van der Waals surface area contributed by atoms with Crippen LogP contribution in [0.3, 0.4) is 0 Å². The number of carbonyl (C=O) groups excluding carboxylic acids is 2. The number of rotatable bonds is 17. The van der Waals surface area contributed by atoms with E-state index in [1.54, 1.807) is 0 Å². The molecule has 0 heterocycles. The lowest BCUT2D eigenvalue weighted by Gasteiger charge is -2.26. The van der Waals surface area contributed by atoms with Gasteiger partial charge in [-0.15, -0.1) is 0 Å². The van der Waals surface area contributed by atoms with Crippen LogP contribution in [0.4, 0.5) is 9.59 Å². The second-order valence-electron chi connectivity index (χ2n) is 11.0. The molecule has 0 fully saturated rings. The number of phenolic OH excluding ortho intramolecular Hbond substituents is 4. The Hall–Kier alpha value is -4.66. The van der Waals surface area contributed by atoms with Crippen molar-refractivity contribution in [3.63, 3.8) is 0 Å². The molecule has 0 aliphatic carbocycles. The normalized spacial score (nSPS) is 15.6. The van der Waals surface area contributed by atoms with Gasteiger partial charge in [-0.1, -0.05) is 12.1 Å². The molecule has 12 N–H and O–H groups in total.